The minimum absolute atomic E-state index is 0.0284. The average Bonchev–Trinajstić information content (AvgIpc) is 2.08. The van der Waals surface area contributed by atoms with Gasteiger partial charge in [0.1, 0.15) is 5.75 Å². The summed E-state index contributed by atoms with van der Waals surface area (Å²) in [7, 11) is 0.492. The number of hydrogen-bond acceptors (Lipinski definition) is 4. The highest BCUT2D eigenvalue weighted by atomic mass is 16.6. The van der Waals surface area contributed by atoms with Crippen LogP contribution in [0, 0.1) is 17.0 Å². The number of nitrogens with zero attached hydrogens (tertiary/aromatic N) is 1. The van der Waals surface area contributed by atoms with Gasteiger partial charge in [-0.25, -0.2) is 0 Å². The highest BCUT2D eigenvalue weighted by molar-refractivity contribution is 6.17. The van der Waals surface area contributed by atoms with Crippen molar-refractivity contribution >= 4 is 13.4 Å². The largest absolute Gasteiger partial charge is 0.569 e. The summed E-state index contributed by atoms with van der Waals surface area (Å²) in [6.07, 6.45) is 0. The second kappa shape index (κ2) is 3.91. The number of nitro groups is 1. The van der Waals surface area contributed by atoms with Gasteiger partial charge in [-0.1, -0.05) is 6.07 Å². The molecule has 1 aromatic carbocycles. The lowest BCUT2D eigenvalue weighted by Crippen LogP contribution is -2.02. The number of hydrogen-bond donors (Lipinski definition) is 1. The number of rotatable bonds is 3. The third-order valence-corrected chi connectivity index (χ3v) is 1.63. The molecule has 0 aliphatic rings. The van der Waals surface area contributed by atoms with Gasteiger partial charge in [0.05, 0.1) is 10.5 Å². The van der Waals surface area contributed by atoms with Gasteiger partial charge in [0, 0.05) is 6.07 Å². The fraction of sp³-hybridized carbons (Fsp3) is 0.143. The van der Waals surface area contributed by atoms with E-state index in [2.05, 4.69) is 4.65 Å². The van der Waals surface area contributed by atoms with Gasteiger partial charge in [0.25, 0.3) is 5.69 Å². The summed E-state index contributed by atoms with van der Waals surface area (Å²) in [5.41, 5.74) is 0.358. The molecule has 67 valence electrons. The van der Waals surface area contributed by atoms with E-state index in [9.17, 15) is 10.1 Å². The van der Waals surface area contributed by atoms with Crippen LogP contribution in [0.15, 0.2) is 18.2 Å². The van der Waals surface area contributed by atoms with Gasteiger partial charge < -0.3 is 9.68 Å². The number of benzene rings is 1. The topological polar surface area (TPSA) is 72.6 Å². The molecule has 1 rings (SSSR count). The first kappa shape index (κ1) is 9.53. The van der Waals surface area contributed by atoms with E-state index in [1.807, 2.05) is 0 Å². The molecule has 0 aromatic heterocycles. The third-order valence-electron chi connectivity index (χ3n) is 1.63. The Bertz CT molecular complexity index is 328. The van der Waals surface area contributed by atoms with Gasteiger partial charge in [-0.3, -0.25) is 10.1 Å². The van der Waals surface area contributed by atoms with Crippen molar-refractivity contribution in [1.29, 1.82) is 0 Å². The first-order valence-electron chi connectivity index (χ1n) is 3.53. The van der Waals surface area contributed by atoms with Crippen LogP contribution < -0.4 is 4.65 Å². The van der Waals surface area contributed by atoms with E-state index in [0.29, 0.717) is 13.2 Å². The first-order valence-corrected chi connectivity index (χ1v) is 3.53. The van der Waals surface area contributed by atoms with Crippen LogP contribution in [0.25, 0.3) is 0 Å². The molecule has 0 amide bonds. The van der Waals surface area contributed by atoms with E-state index in [1.165, 1.54) is 18.2 Å². The number of nitro benzene ring substituents is 1. The summed E-state index contributed by atoms with van der Waals surface area (Å²) in [5, 5.41) is 18.8. The van der Waals surface area contributed by atoms with Crippen LogP contribution in [-0.4, -0.2) is 17.6 Å². The monoisotopic (exact) mass is 180 g/mol. The molecule has 0 aliphatic heterocycles. The fourth-order valence-electron chi connectivity index (χ4n) is 0.985. The molecule has 0 spiro atoms. The summed E-state index contributed by atoms with van der Waals surface area (Å²) in [5.74, 6) is 0.275. The summed E-state index contributed by atoms with van der Waals surface area (Å²) in [4.78, 5) is 9.96. The van der Waals surface area contributed by atoms with Crippen LogP contribution >= 0.6 is 0 Å². The van der Waals surface area contributed by atoms with Gasteiger partial charge in [0.2, 0.25) is 0 Å². The SMILES string of the molecule is Cc1c(O[B]O)cccc1[N+](=O)[O-]. The van der Waals surface area contributed by atoms with Crippen LogP contribution in [0.4, 0.5) is 5.69 Å². The second-order valence-electron chi connectivity index (χ2n) is 2.38. The lowest BCUT2D eigenvalue weighted by Gasteiger charge is -2.04. The maximum absolute atomic E-state index is 10.5. The molecular formula is C7H7BNO4. The maximum atomic E-state index is 10.5. The van der Waals surface area contributed by atoms with Crippen molar-refractivity contribution in [3.05, 3.63) is 33.9 Å². The minimum atomic E-state index is -0.500. The smallest absolute Gasteiger partial charge is 0.537 e. The predicted molar refractivity (Wildman–Crippen MR) is 46.4 cm³/mol. The Labute approximate surface area is 75.4 Å². The standard InChI is InChI=1S/C7H7BNO4/c1-5-6(9(11)12)3-2-4-7(5)13-8-10/h2-4,10H,1H3. The molecule has 0 heterocycles. The lowest BCUT2D eigenvalue weighted by atomic mass is 10.2. The van der Waals surface area contributed by atoms with Crippen molar-refractivity contribution in [3.8, 4) is 5.75 Å². The van der Waals surface area contributed by atoms with E-state index in [4.69, 9.17) is 5.02 Å². The van der Waals surface area contributed by atoms with Crippen molar-refractivity contribution < 1.29 is 14.6 Å². The molecule has 0 saturated heterocycles. The van der Waals surface area contributed by atoms with Crippen molar-refractivity contribution in [3.63, 3.8) is 0 Å². The van der Waals surface area contributed by atoms with Crippen molar-refractivity contribution in [2.45, 2.75) is 6.92 Å². The molecule has 0 bridgehead atoms. The lowest BCUT2D eigenvalue weighted by molar-refractivity contribution is -0.385. The molecule has 0 saturated carbocycles. The molecule has 1 radical (unpaired) electrons. The third kappa shape index (κ3) is 1.97. The zero-order chi connectivity index (χ0) is 9.84. The Kier molecular flexibility index (Phi) is 2.86. The van der Waals surface area contributed by atoms with Crippen molar-refractivity contribution in [2.24, 2.45) is 0 Å². The van der Waals surface area contributed by atoms with Crippen LogP contribution in [0.2, 0.25) is 0 Å². The van der Waals surface area contributed by atoms with E-state index in [0.717, 1.165) is 0 Å². The van der Waals surface area contributed by atoms with E-state index in [1.54, 1.807) is 6.92 Å². The Morgan fingerprint density at radius 2 is 2.31 bits per heavy atom. The normalized spacial score (nSPS) is 9.38. The fourth-order valence-corrected chi connectivity index (χ4v) is 0.985. The highest BCUT2D eigenvalue weighted by Crippen LogP contribution is 2.26. The summed E-state index contributed by atoms with van der Waals surface area (Å²) in [6, 6.07) is 4.40. The molecule has 1 N–H and O–H groups in total. The Hall–Kier alpha value is -1.56. The van der Waals surface area contributed by atoms with Crippen LogP contribution in [-0.2, 0) is 0 Å². The summed E-state index contributed by atoms with van der Waals surface area (Å²) in [6.45, 7) is 1.55. The summed E-state index contributed by atoms with van der Waals surface area (Å²) >= 11 is 0. The van der Waals surface area contributed by atoms with Crippen molar-refractivity contribution in [1.82, 2.24) is 0 Å². The maximum Gasteiger partial charge on any atom is 0.569 e. The zero-order valence-electron chi connectivity index (χ0n) is 6.93. The van der Waals surface area contributed by atoms with Gasteiger partial charge in [-0.05, 0) is 13.0 Å². The molecule has 6 heteroatoms. The van der Waals surface area contributed by atoms with E-state index in [-0.39, 0.29) is 11.4 Å². The Morgan fingerprint density at radius 3 is 2.85 bits per heavy atom. The Morgan fingerprint density at radius 1 is 1.62 bits per heavy atom. The molecule has 1 aromatic rings. The molecule has 0 fully saturated rings. The van der Waals surface area contributed by atoms with Crippen LogP contribution in [0.3, 0.4) is 0 Å². The average molecular weight is 180 g/mol. The van der Waals surface area contributed by atoms with Crippen molar-refractivity contribution in [2.75, 3.05) is 0 Å². The van der Waals surface area contributed by atoms with Crippen LogP contribution in [0.5, 0.6) is 5.75 Å². The van der Waals surface area contributed by atoms with Gasteiger partial charge in [0.15, 0.2) is 0 Å². The minimum Gasteiger partial charge on any atom is -0.537 e. The molecule has 5 nitrogen and oxygen atoms in total. The molecular weight excluding hydrogens is 173 g/mol. The zero-order valence-corrected chi connectivity index (χ0v) is 6.93. The van der Waals surface area contributed by atoms with Gasteiger partial charge in [-0.2, -0.15) is 0 Å². The Balaban J connectivity index is 3.10. The molecule has 0 aliphatic carbocycles. The highest BCUT2D eigenvalue weighted by Gasteiger charge is 2.13. The van der Waals surface area contributed by atoms with E-state index >= 15 is 0 Å². The molecule has 0 unspecified atom stereocenters. The van der Waals surface area contributed by atoms with Gasteiger partial charge in [-0.15, -0.1) is 0 Å². The summed E-state index contributed by atoms with van der Waals surface area (Å²) < 4.78 is 4.65. The van der Waals surface area contributed by atoms with E-state index < -0.39 is 4.92 Å². The molecule has 13 heavy (non-hydrogen) atoms. The second-order valence-corrected chi connectivity index (χ2v) is 2.38. The quantitative estimate of drug-likeness (QED) is 0.424. The van der Waals surface area contributed by atoms with Gasteiger partial charge >= 0.3 is 7.69 Å². The van der Waals surface area contributed by atoms with Crippen LogP contribution in [0.1, 0.15) is 5.56 Å². The predicted octanol–water partition coefficient (Wildman–Crippen LogP) is 0.809. The molecule has 0 atom stereocenters. The first-order chi connectivity index (χ1) is 6.16.